The molecule has 0 spiro atoms. The minimum atomic E-state index is -0.273. The monoisotopic (exact) mass is 157 g/mol. The first-order valence-electron chi connectivity index (χ1n) is 4.23. The zero-order valence-electron chi connectivity index (χ0n) is 7.64. The van der Waals surface area contributed by atoms with Crippen LogP contribution in [-0.2, 0) is 9.53 Å². The summed E-state index contributed by atoms with van der Waals surface area (Å²) in [6.07, 6.45) is 3.93. The van der Waals surface area contributed by atoms with E-state index in [1.165, 1.54) is 6.47 Å². The minimum absolute atomic E-state index is 0.273. The Labute approximate surface area is 68.9 Å². The molecule has 0 rings (SSSR count). The van der Waals surface area contributed by atoms with E-state index >= 15 is 0 Å². The molecule has 0 saturated carbocycles. The summed E-state index contributed by atoms with van der Waals surface area (Å²) in [5.74, 6) is 0. The molecule has 0 amide bonds. The molecule has 0 fully saturated rings. The Morgan fingerprint density at radius 1 is 1.27 bits per heavy atom. The Bertz CT molecular complexity index is 104. The molecule has 65 valence electrons. The average molecular weight is 157 g/mol. The number of hydrogen-bond acceptors (Lipinski definition) is 2. The van der Waals surface area contributed by atoms with Gasteiger partial charge in [-0.3, -0.25) is 0 Å². The van der Waals surface area contributed by atoms with Crippen molar-refractivity contribution in [3.05, 3.63) is 0 Å². The molecule has 0 atom stereocenters. The topological polar surface area (TPSA) is 26.3 Å². The van der Waals surface area contributed by atoms with E-state index in [4.69, 9.17) is 4.74 Å². The second-order valence-corrected chi connectivity index (χ2v) is 3.14. The molecule has 0 N–H and O–H groups in total. The van der Waals surface area contributed by atoms with Crippen LogP contribution in [0.25, 0.3) is 0 Å². The molecule has 0 aliphatic heterocycles. The third kappa shape index (κ3) is 4.02. The van der Waals surface area contributed by atoms with Gasteiger partial charge in [0.1, 0.15) is 5.60 Å². The first-order valence-corrected chi connectivity index (χ1v) is 4.23. The van der Waals surface area contributed by atoms with E-state index in [2.05, 4.69) is 13.8 Å². The van der Waals surface area contributed by atoms with Crippen LogP contribution in [0.5, 0.6) is 0 Å². The van der Waals surface area contributed by atoms with Crippen LogP contribution < -0.4 is 0 Å². The molecule has 1 radical (unpaired) electrons. The summed E-state index contributed by atoms with van der Waals surface area (Å²) in [7, 11) is 0. The van der Waals surface area contributed by atoms with Crippen LogP contribution in [0.1, 0.15) is 46.5 Å². The molecule has 0 bridgehead atoms. The molecule has 2 nitrogen and oxygen atoms in total. The fourth-order valence-electron chi connectivity index (χ4n) is 1.39. The molecular formula is C9H17O2. The third-order valence-corrected chi connectivity index (χ3v) is 1.85. The van der Waals surface area contributed by atoms with Crippen molar-refractivity contribution >= 4 is 6.47 Å². The van der Waals surface area contributed by atoms with Crippen molar-refractivity contribution in [1.82, 2.24) is 0 Å². The van der Waals surface area contributed by atoms with Gasteiger partial charge in [0.15, 0.2) is 0 Å². The smallest absolute Gasteiger partial charge is 0.418 e. The Hall–Kier alpha value is -0.530. The summed E-state index contributed by atoms with van der Waals surface area (Å²) < 4.78 is 4.90. The van der Waals surface area contributed by atoms with Gasteiger partial charge in [0.25, 0.3) is 0 Å². The van der Waals surface area contributed by atoms with Gasteiger partial charge in [-0.15, -0.1) is 0 Å². The fraction of sp³-hybridized carbons (Fsp3) is 0.889. The molecular weight excluding hydrogens is 140 g/mol. The van der Waals surface area contributed by atoms with Crippen molar-refractivity contribution in [2.24, 2.45) is 0 Å². The van der Waals surface area contributed by atoms with Gasteiger partial charge in [-0.05, 0) is 19.8 Å². The Kier molecular flexibility index (Phi) is 4.92. The largest absolute Gasteiger partial charge is 0.451 e. The molecule has 0 saturated heterocycles. The molecule has 0 aromatic carbocycles. The van der Waals surface area contributed by atoms with Crippen molar-refractivity contribution in [3.8, 4) is 0 Å². The van der Waals surface area contributed by atoms with Gasteiger partial charge in [-0.1, -0.05) is 26.7 Å². The van der Waals surface area contributed by atoms with Crippen LogP contribution in [-0.4, -0.2) is 12.1 Å². The molecule has 0 unspecified atom stereocenters. The van der Waals surface area contributed by atoms with Gasteiger partial charge >= 0.3 is 6.47 Å². The molecule has 0 aliphatic rings. The van der Waals surface area contributed by atoms with Crippen molar-refractivity contribution in [3.63, 3.8) is 0 Å². The summed E-state index contributed by atoms with van der Waals surface area (Å²) >= 11 is 0. The summed E-state index contributed by atoms with van der Waals surface area (Å²) in [5, 5.41) is 0. The first kappa shape index (κ1) is 10.5. The van der Waals surface area contributed by atoms with E-state index in [0.717, 1.165) is 25.7 Å². The Balaban J connectivity index is 3.88. The van der Waals surface area contributed by atoms with Crippen molar-refractivity contribution < 1.29 is 9.53 Å². The zero-order chi connectivity index (χ0) is 8.74. The SMILES string of the molecule is CCCC(C)(CCC)O[C]=O. The Morgan fingerprint density at radius 2 is 1.73 bits per heavy atom. The predicted octanol–water partition coefficient (Wildman–Crippen LogP) is 2.43. The lowest BCUT2D eigenvalue weighted by atomic mass is 9.95. The summed E-state index contributed by atoms with van der Waals surface area (Å²) in [4.78, 5) is 10.0. The van der Waals surface area contributed by atoms with Gasteiger partial charge < -0.3 is 4.74 Å². The first-order chi connectivity index (χ1) is 5.18. The lowest BCUT2D eigenvalue weighted by Crippen LogP contribution is -2.27. The van der Waals surface area contributed by atoms with E-state index in [1.54, 1.807) is 0 Å². The van der Waals surface area contributed by atoms with E-state index < -0.39 is 0 Å². The van der Waals surface area contributed by atoms with Crippen LogP contribution in [0.15, 0.2) is 0 Å². The van der Waals surface area contributed by atoms with E-state index in [1.807, 2.05) is 6.92 Å². The maximum absolute atomic E-state index is 10.0. The molecule has 11 heavy (non-hydrogen) atoms. The maximum atomic E-state index is 10.0. The fourth-order valence-corrected chi connectivity index (χ4v) is 1.39. The van der Waals surface area contributed by atoms with E-state index in [-0.39, 0.29) is 5.60 Å². The van der Waals surface area contributed by atoms with E-state index in [9.17, 15) is 4.79 Å². The molecule has 0 aromatic rings. The number of hydrogen-bond donors (Lipinski definition) is 0. The van der Waals surface area contributed by atoms with Gasteiger partial charge in [0, 0.05) is 0 Å². The highest BCUT2D eigenvalue weighted by atomic mass is 16.5. The highest BCUT2D eigenvalue weighted by Gasteiger charge is 2.23. The molecule has 0 aliphatic carbocycles. The van der Waals surface area contributed by atoms with Crippen molar-refractivity contribution in [2.45, 2.75) is 52.1 Å². The molecule has 2 heteroatoms. The highest BCUT2D eigenvalue weighted by molar-refractivity contribution is 5.39. The average Bonchev–Trinajstić information content (AvgIpc) is 1.88. The summed E-state index contributed by atoms with van der Waals surface area (Å²) in [6, 6.07) is 0. The lowest BCUT2D eigenvalue weighted by Gasteiger charge is -2.25. The number of ether oxygens (including phenoxy) is 1. The van der Waals surface area contributed by atoms with Crippen molar-refractivity contribution in [1.29, 1.82) is 0 Å². The van der Waals surface area contributed by atoms with Crippen LogP contribution in [0, 0.1) is 0 Å². The maximum Gasteiger partial charge on any atom is 0.418 e. The van der Waals surface area contributed by atoms with Crippen molar-refractivity contribution in [2.75, 3.05) is 0 Å². The zero-order valence-corrected chi connectivity index (χ0v) is 7.64. The van der Waals surface area contributed by atoms with Crippen LogP contribution in [0.3, 0.4) is 0 Å². The quantitative estimate of drug-likeness (QED) is 0.592. The van der Waals surface area contributed by atoms with Gasteiger partial charge in [0.2, 0.25) is 0 Å². The van der Waals surface area contributed by atoms with E-state index in [0.29, 0.717) is 0 Å². The highest BCUT2D eigenvalue weighted by Crippen LogP contribution is 2.22. The van der Waals surface area contributed by atoms with Crippen LogP contribution >= 0.6 is 0 Å². The van der Waals surface area contributed by atoms with Gasteiger partial charge in [-0.25, -0.2) is 4.79 Å². The Morgan fingerprint density at radius 3 is 2.00 bits per heavy atom. The van der Waals surface area contributed by atoms with Crippen LogP contribution in [0.4, 0.5) is 0 Å². The second-order valence-electron chi connectivity index (χ2n) is 3.14. The third-order valence-electron chi connectivity index (χ3n) is 1.85. The standard InChI is InChI=1S/C9H17O2/c1-4-6-9(3,7-5-2)11-8-10/h4-7H2,1-3H3. The second kappa shape index (κ2) is 5.16. The van der Waals surface area contributed by atoms with Gasteiger partial charge in [-0.2, -0.15) is 0 Å². The minimum Gasteiger partial charge on any atom is -0.451 e. The summed E-state index contributed by atoms with van der Waals surface area (Å²) in [6.45, 7) is 7.66. The van der Waals surface area contributed by atoms with Crippen LogP contribution in [0.2, 0.25) is 0 Å². The normalized spacial score (nSPS) is 11.2. The number of rotatable bonds is 6. The molecule has 0 aromatic heterocycles. The van der Waals surface area contributed by atoms with Gasteiger partial charge in [0.05, 0.1) is 0 Å². The summed E-state index contributed by atoms with van der Waals surface area (Å²) in [5.41, 5.74) is -0.273. The molecule has 0 heterocycles. The predicted molar refractivity (Wildman–Crippen MR) is 45.0 cm³/mol. The number of carbonyl (C=O) groups excluding carboxylic acids is 1. The lowest BCUT2D eigenvalue weighted by molar-refractivity contribution is 0.0508.